The van der Waals surface area contributed by atoms with E-state index in [-0.39, 0.29) is 51.5 Å². The van der Waals surface area contributed by atoms with E-state index in [1.165, 1.54) is 36.4 Å². The van der Waals surface area contributed by atoms with Gasteiger partial charge in [0.15, 0.2) is 0 Å². The number of likely N-dealkylation sites (tertiary alicyclic amines) is 1. The van der Waals surface area contributed by atoms with Crippen LogP contribution in [0.4, 0.5) is 28.2 Å². The summed E-state index contributed by atoms with van der Waals surface area (Å²) in [6.45, 7) is 4.93. The van der Waals surface area contributed by atoms with Crippen LogP contribution in [0.25, 0.3) is 11.0 Å². The molecule has 2 aromatic heterocycles. The Kier molecular flexibility index (Phi) is 8.86. The third kappa shape index (κ3) is 6.74. The van der Waals surface area contributed by atoms with Crippen molar-refractivity contribution in [3.63, 3.8) is 0 Å². The average molecular weight is 732 g/mol. The molecule has 2 aliphatic heterocycles. The maximum absolute atomic E-state index is 14.5. The van der Waals surface area contributed by atoms with Crippen molar-refractivity contribution in [3.8, 4) is 0 Å². The quantitative estimate of drug-likeness (QED) is 0.228. The molecule has 0 radical (unpaired) electrons. The Labute approximate surface area is 290 Å². The normalized spacial score (nSPS) is 17.9. The molecule has 1 spiro atoms. The first kappa shape index (κ1) is 35.8. The molecule has 4 heterocycles. The second kappa shape index (κ2) is 12.6. The number of carbonyl (C=O) groups is 3. The Bertz CT molecular complexity index is 2160. The van der Waals surface area contributed by atoms with Crippen LogP contribution in [0.1, 0.15) is 54.4 Å². The van der Waals surface area contributed by atoms with Crippen LogP contribution in [-0.2, 0) is 36.4 Å². The van der Waals surface area contributed by atoms with Crippen LogP contribution in [0.3, 0.4) is 0 Å². The molecule has 2 aromatic carbocycles. The van der Waals surface area contributed by atoms with Crippen molar-refractivity contribution >= 4 is 44.8 Å². The number of nitrogens with zero attached hydrogens (tertiary/aromatic N) is 4. The smallest absolute Gasteiger partial charge is 0.444 e. The summed E-state index contributed by atoms with van der Waals surface area (Å²) < 4.78 is 91.5. The van der Waals surface area contributed by atoms with Gasteiger partial charge in [0.05, 0.1) is 34.8 Å². The fraction of sp³-hybridized carbons (Fsp3) is 0.353. The van der Waals surface area contributed by atoms with E-state index in [4.69, 9.17) is 4.74 Å². The van der Waals surface area contributed by atoms with Gasteiger partial charge in [0, 0.05) is 30.6 Å². The van der Waals surface area contributed by atoms with Gasteiger partial charge in [-0.3, -0.25) is 19.6 Å². The lowest BCUT2D eigenvalue weighted by atomic mass is 9.87. The van der Waals surface area contributed by atoms with Crippen molar-refractivity contribution in [1.82, 2.24) is 18.8 Å². The van der Waals surface area contributed by atoms with E-state index in [1.54, 1.807) is 39.8 Å². The third-order valence-corrected chi connectivity index (χ3v) is 10.3. The van der Waals surface area contributed by atoms with Crippen molar-refractivity contribution in [3.05, 3.63) is 88.9 Å². The minimum atomic E-state index is -4.92. The minimum absolute atomic E-state index is 0.0137. The summed E-state index contributed by atoms with van der Waals surface area (Å²) in [5.41, 5.74) is -1.64. The highest BCUT2D eigenvalue weighted by atomic mass is 32.2. The van der Waals surface area contributed by atoms with Crippen LogP contribution in [-0.4, -0.2) is 76.7 Å². The number of carbonyl (C=O) groups excluding carboxylic acids is 3. The van der Waals surface area contributed by atoms with Crippen molar-refractivity contribution in [2.75, 3.05) is 25.0 Å². The molecule has 1 atom stereocenters. The number of anilines is 1. The number of nitrogens with one attached hydrogen (secondary N) is 1. The number of aryl methyl sites for hydroxylation is 1. The van der Waals surface area contributed by atoms with Gasteiger partial charge in [-0.2, -0.15) is 0 Å². The number of pyridine rings is 1. The van der Waals surface area contributed by atoms with E-state index in [9.17, 15) is 40.4 Å². The molecule has 12 nitrogen and oxygen atoms in total. The molecule has 4 aromatic rings. The number of hydrogen-bond acceptors (Lipinski definition) is 8. The number of halogens is 4. The summed E-state index contributed by atoms with van der Waals surface area (Å²) in [4.78, 5) is 47.3. The zero-order chi connectivity index (χ0) is 37.1. The van der Waals surface area contributed by atoms with Gasteiger partial charge in [-0.1, -0.05) is 23.8 Å². The van der Waals surface area contributed by atoms with Crippen LogP contribution >= 0.6 is 0 Å². The molecule has 0 unspecified atom stereocenters. The molecule has 1 N–H and O–H groups in total. The summed E-state index contributed by atoms with van der Waals surface area (Å²) >= 11 is 0. The fourth-order valence-corrected chi connectivity index (χ4v) is 7.97. The van der Waals surface area contributed by atoms with Crippen molar-refractivity contribution in [2.24, 2.45) is 0 Å². The Balaban J connectivity index is 1.46. The Hall–Kier alpha value is -5.03. The molecule has 17 heteroatoms. The zero-order valence-electron chi connectivity index (χ0n) is 27.9. The maximum atomic E-state index is 14.5. The molecule has 0 saturated carbocycles. The Morgan fingerprint density at radius 3 is 2.39 bits per heavy atom. The molecule has 1 saturated heterocycles. The Morgan fingerprint density at radius 1 is 1.02 bits per heavy atom. The standard InChI is InChI=1S/C34H33F4N5O7S/c1-20-5-8-23(9-6-20)51(47,48)43-22(18-26-27(43)11-12-28(39-26)40-31(46)50-32(2,3)4)19-42-29(44)24-17-21(35)7-10-25(24)33(42)13-14-41(30(33)45)15-16-49-34(36,37)38/h5-12,17-18H,13-16,19H2,1-4H3,(H,39,40,46)/t33-/m0/s1. The second-order valence-corrected chi connectivity index (χ2v) is 15.0. The van der Waals surface area contributed by atoms with Crippen molar-refractivity contribution < 1.29 is 49.8 Å². The fourth-order valence-electron chi connectivity index (χ4n) is 6.44. The van der Waals surface area contributed by atoms with Gasteiger partial charge in [-0.25, -0.2) is 26.6 Å². The van der Waals surface area contributed by atoms with Gasteiger partial charge >= 0.3 is 12.5 Å². The van der Waals surface area contributed by atoms with Crippen LogP contribution in [0, 0.1) is 12.7 Å². The number of fused-ring (bicyclic) bond motifs is 3. The number of aromatic nitrogens is 2. The maximum Gasteiger partial charge on any atom is 0.522 e. The lowest BCUT2D eigenvalue weighted by molar-refractivity contribution is -0.324. The largest absolute Gasteiger partial charge is 0.522 e. The highest BCUT2D eigenvalue weighted by molar-refractivity contribution is 7.90. The molecule has 3 amide bonds. The first-order valence-corrected chi connectivity index (χ1v) is 17.2. The minimum Gasteiger partial charge on any atom is -0.444 e. The predicted octanol–water partition coefficient (Wildman–Crippen LogP) is 5.69. The molecular weight excluding hydrogens is 698 g/mol. The lowest BCUT2D eigenvalue weighted by Crippen LogP contribution is -2.50. The summed E-state index contributed by atoms with van der Waals surface area (Å²) in [6.07, 6.45) is -5.80. The van der Waals surface area contributed by atoms with Crippen LogP contribution in [0.15, 0.2) is 65.6 Å². The van der Waals surface area contributed by atoms with Gasteiger partial charge in [-0.15, -0.1) is 13.2 Å². The number of alkyl halides is 3. The predicted molar refractivity (Wildman–Crippen MR) is 175 cm³/mol. The molecule has 51 heavy (non-hydrogen) atoms. The molecular formula is C34H33F4N5O7S. The van der Waals surface area contributed by atoms with E-state index in [2.05, 4.69) is 15.0 Å². The molecule has 6 rings (SSSR count). The SMILES string of the molecule is Cc1ccc(S(=O)(=O)n2c(CN3C(=O)c4cc(F)ccc4[C@]34CCN(CCOC(F)(F)F)C4=O)cc3nc(NC(=O)OC(C)(C)C)ccc32)cc1. The van der Waals surface area contributed by atoms with Gasteiger partial charge in [0.2, 0.25) is 0 Å². The Morgan fingerprint density at radius 2 is 1.73 bits per heavy atom. The number of benzene rings is 2. The van der Waals surface area contributed by atoms with Crippen molar-refractivity contribution in [2.45, 2.75) is 63.1 Å². The van der Waals surface area contributed by atoms with E-state index >= 15 is 0 Å². The van der Waals surface area contributed by atoms with Crippen molar-refractivity contribution in [1.29, 1.82) is 0 Å². The topological polar surface area (TPSA) is 140 Å². The van der Waals surface area contributed by atoms with Gasteiger partial charge in [0.1, 0.15) is 22.8 Å². The third-order valence-electron chi connectivity index (χ3n) is 8.57. The highest BCUT2D eigenvalue weighted by Crippen LogP contribution is 2.48. The van der Waals surface area contributed by atoms with E-state index < -0.39 is 70.9 Å². The highest BCUT2D eigenvalue weighted by Gasteiger charge is 2.59. The van der Waals surface area contributed by atoms with E-state index in [1.807, 2.05) is 0 Å². The van der Waals surface area contributed by atoms with E-state index in [0.717, 1.165) is 31.5 Å². The molecule has 1 fully saturated rings. The number of hydrogen-bond donors (Lipinski definition) is 1. The average Bonchev–Trinajstić information content (AvgIpc) is 3.62. The van der Waals surface area contributed by atoms with E-state index in [0.29, 0.717) is 0 Å². The zero-order valence-corrected chi connectivity index (χ0v) is 28.7. The van der Waals surface area contributed by atoms with Gasteiger partial charge in [-0.05, 0) is 70.2 Å². The number of amides is 3. The molecule has 0 bridgehead atoms. The molecule has 0 aliphatic carbocycles. The number of ether oxygens (including phenoxy) is 2. The summed E-state index contributed by atoms with van der Waals surface area (Å²) in [5, 5.41) is 2.51. The van der Waals surface area contributed by atoms with Crippen LogP contribution in [0.5, 0.6) is 0 Å². The first-order chi connectivity index (χ1) is 23.8. The molecule has 270 valence electrons. The summed E-state index contributed by atoms with van der Waals surface area (Å²) in [7, 11) is -4.40. The second-order valence-electron chi connectivity index (χ2n) is 13.2. The summed E-state index contributed by atoms with van der Waals surface area (Å²) in [6, 6.07) is 13.5. The van der Waals surface area contributed by atoms with Gasteiger partial charge in [0.25, 0.3) is 21.8 Å². The number of rotatable bonds is 8. The first-order valence-electron chi connectivity index (χ1n) is 15.8. The summed E-state index contributed by atoms with van der Waals surface area (Å²) in [5.74, 6) is -2.23. The van der Waals surface area contributed by atoms with Crippen LogP contribution < -0.4 is 5.32 Å². The molecule has 2 aliphatic rings. The lowest BCUT2D eigenvalue weighted by Gasteiger charge is -2.34. The van der Waals surface area contributed by atoms with Gasteiger partial charge < -0.3 is 14.5 Å². The van der Waals surface area contributed by atoms with Crippen LogP contribution in [0.2, 0.25) is 0 Å². The monoisotopic (exact) mass is 731 g/mol.